The summed E-state index contributed by atoms with van der Waals surface area (Å²) in [6.45, 7) is 5.71. The molecule has 0 saturated carbocycles. The molecule has 0 saturated heterocycles. The summed E-state index contributed by atoms with van der Waals surface area (Å²) in [6, 6.07) is 16.4. The van der Waals surface area contributed by atoms with Crippen molar-refractivity contribution in [2.24, 2.45) is 0 Å². The largest absolute Gasteiger partial charge is 0.494 e. The predicted octanol–water partition coefficient (Wildman–Crippen LogP) is 4.93. The van der Waals surface area contributed by atoms with Crippen LogP contribution in [0.2, 0.25) is 0 Å². The van der Waals surface area contributed by atoms with Gasteiger partial charge in [0.15, 0.2) is 0 Å². The molecular weight excluding hydrogens is 260 g/mol. The van der Waals surface area contributed by atoms with Gasteiger partial charge < -0.3 is 9.47 Å². The topological polar surface area (TPSA) is 18.5 Å². The third-order valence-electron chi connectivity index (χ3n) is 3.37. The number of unbranched alkanes of at least 4 members (excludes halogenated alkanes) is 2. The van der Waals surface area contributed by atoms with Gasteiger partial charge in [0.05, 0.1) is 13.2 Å². The monoisotopic (exact) mass is 284 g/mol. The molecule has 0 bridgehead atoms. The normalized spacial score (nSPS) is 10.4. The first-order chi connectivity index (χ1) is 10.2. The van der Waals surface area contributed by atoms with Crippen LogP contribution in [-0.4, -0.2) is 13.2 Å². The van der Waals surface area contributed by atoms with Crippen molar-refractivity contribution in [3.63, 3.8) is 0 Å². The number of rotatable bonds is 8. The molecule has 2 aromatic carbocycles. The van der Waals surface area contributed by atoms with E-state index in [0.717, 1.165) is 44.0 Å². The van der Waals surface area contributed by atoms with Crippen molar-refractivity contribution in [2.45, 2.75) is 33.1 Å². The Morgan fingerprint density at radius 3 is 1.33 bits per heavy atom. The number of hydrogen-bond donors (Lipinski definition) is 0. The van der Waals surface area contributed by atoms with Crippen LogP contribution in [0.5, 0.6) is 11.5 Å². The van der Waals surface area contributed by atoms with E-state index in [1.807, 2.05) is 24.3 Å². The minimum Gasteiger partial charge on any atom is -0.494 e. The number of benzene rings is 2. The zero-order valence-corrected chi connectivity index (χ0v) is 13.0. The predicted molar refractivity (Wildman–Crippen MR) is 87.2 cm³/mol. The maximum absolute atomic E-state index is 5.70. The Hall–Kier alpha value is -1.96. The Morgan fingerprint density at radius 2 is 0.952 bits per heavy atom. The highest BCUT2D eigenvalue weighted by Crippen LogP contribution is 2.13. The van der Waals surface area contributed by atoms with Crippen molar-refractivity contribution in [3.05, 3.63) is 59.7 Å². The molecule has 2 heteroatoms. The van der Waals surface area contributed by atoms with Crippen LogP contribution >= 0.6 is 0 Å². The summed E-state index contributed by atoms with van der Waals surface area (Å²) in [7, 11) is 0. The van der Waals surface area contributed by atoms with E-state index < -0.39 is 0 Å². The van der Waals surface area contributed by atoms with E-state index in [9.17, 15) is 0 Å². The summed E-state index contributed by atoms with van der Waals surface area (Å²) in [6.07, 6.45) is 3.24. The molecule has 0 aromatic heterocycles. The number of hydrogen-bond acceptors (Lipinski definition) is 2. The van der Waals surface area contributed by atoms with E-state index >= 15 is 0 Å². The van der Waals surface area contributed by atoms with E-state index in [1.54, 1.807) is 0 Å². The molecule has 0 aliphatic heterocycles. The maximum Gasteiger partial charge on any atom is 0.119 e. The van der Waals surface area contributed by atoms with Gasteiger partial charge in [-0.1, -0.05) is 35.4 Å². The van der Waals surface area contributed by atoms with Gasteiger partial charge in [0.25, 0.3) is 0 Å². The fourth-order valence-corrected chi connectivity index (χ4v) is 2.03. The molecule has 0 radical (unpaired) electrons. The average Bonchev–Trinajstić information content (AvgIpc) is 2.50. The third kappa shape index (κ3) is 5.90. The second-order valence-electron chi connectivity index (χ2n) is 5.38. The molecule has 0 N–H and O–H groups in total. The second kappa shape index (κ2) is 8.35. The van der Waals surface area contributed by atoms with E-state index in [1.165, 1.54) is 11.1 Å². The molecular formula is C19H24O2. The van der Waals surface area contributed by atoms with Gasteiger partial charge in [-0.25, -0.2) is 0 Å². The second-order valence-corrected chi connectivity index (χ2v) is 5.38. The number of aryl methyl sites for hydroxylation is 2. The van der Waals surface area contributed by atoms with Crippen molar-refractivity contribution in [1.82, 2.24) is 0 Å². The van der Waals surface area contributed by atoms with E-state index in [4.69, 9.17) is 9.47 Å². The summed E-state index contributed by atoms with van der Waals surface area (Å²) in [5, 5.41) is 0. The fraction of sp³-hybridized carbons (Fsp3) is 0.368. The van der Waals surface area contributed by atoms with Gasteiger partial charge >= 0.3 is 0 Å². The molecule has 0 spiro atoms. The highest BCUT2D eigenvalue weighted by Gasteiger charge is 1.96. The molecule has 0 heterocycles. The average molecular weight is 284 g/mol. The van der Waals surface area contributed by atoms with Crippen LogP contribution in [0.25, 0.3) is 0 Å². The first kappa shape index (κ1) is 15.4. The van der Waals surface area contributed by atoms with Crippen LogP contribution in [0.3, 0.4) is 0 Å². The summed E-state index contributed by atoms with van der Waals surface area (Å²) >= 11 is 0. The Labute approximate surface area is 127 Å². The van der Waals surface area contributed by atoms with Crippen molar-refractivity contribution in [2.75, 3.05) is 13.2 Å². The molecule has 0 aliphatic carbocycles. The van der Waals surface area contributed by atoms with Gasteiger partial charge in [0.1, 0.15) is 11.5 Å². The van der Waals surface area contributed by atoms with Crippen molar-refractivity contribution in [1.29, 1.82) is 0 Å². The van der Waals surface area contributed by atoms with E-state index in [-0.39, 0.29) is 0 Å². The van der Waals surface area contributed by atoms with Gasteiger partial charge in [-0.3, -0.25) is 0 Å². The van der Waals surface area contributed by atoms with Crippen LogP contribution in [0.4, 0.5) is 0 Å². The first-order valence-corrected chi connectivity index (χ1v) is 7.63. The Bertz CT molecular complexity index is 465. The molecule has 0 aliphatic rings. The molecule has 0 fully saturated rings. The molecule has 0 amide bonds. The molecule has 21 heavy (non-hydrogen) atoms. The third-order valence-corrected chi connectivity index (χ3v) is 3.37. The maximum atomic E-state index is 5.70. The first-order valence-electron chi connectivity index (χ1n) is 7.63. The minimum atomic E-state index is 0.771. The van der Waals surface area contributed by atoms with Crippen LogP contribution in [0.15, 0.2) is 48.5 Å². The van der Waals surface area contributed by atoms with Crippen LogP contribution in [0.1, 0.15) is 30.4 Å². The van der Waals surface area contributed by atoms with Crippen molar-refractivity contribution >= 4 is 0 Å². The SMILES string of the molecule is Cc1ccc(OCCCCCOc2ccc(C)cc2)cc1. The fourth-order valence-electron chi connectivity index (χ4n) is 2.03. The lowest BCUT2D eigenvalue weighted by Gasteiger charge is -2.08. The van der Waals surface area contributed by atoms with Gasteiger partial charge in [-0.2, -0.15) is 0 Å². The van der Waals surface area contributed by atoms with Crippen LogP contribution < -0.4 is 9.47 Å². The lowest BCUT2D eigenvalue weighted by molar-refractivity contribution is 0.279. The van der Waals surface area contributed by atoms with Gasteiger partial charge in [-0.05, 0) is 57.4 Å². The molecule has 2 nitrogen and oxygen atoms in total. The Kier molecular flexibility index (Phi) is 6.14. The van der Waals surface area contributed by atoms with E-state index in [2.05, 4.69) is 38.1 Å². The van der Waals surface area contributed by atoms with Crippen LogP contribution in [-0.2, 0) is 0 Å². The van der Waals surface area contributed by atoms with Gasteiger partial charge in [0.2, 0.25) is 0 Å². The van der Waals surface area contributed by atoms with E-state index in [0.29, 0.717) is 0 Å². The van der Waals surface area contributed by atoms with Crippen molar-refractivity contribution in [3.8, 4) is 11.5 Å². The van der Waals surface area contributed by atoms with Crippen molar-refractivity contribution < 1.29 is 9.47 Å². The molecule has 0 atom stereocenters. The van der Waals surface area contributed by atoms with Gasteiger partial charge in [0, 0.05) is 0 Å². The summed E-state index contributed by atoms with van der Waals surface area (Å²) in [5.41, 5.74) is 2.52. The quantitative estimate of drug-likeness (QED) is 0.640. The summed E-state index contributed by atoms with van der Waals surface area (Å²) < 4.78 is 11.4. The number of ether oxygens (including phenoxy) is 2. The van der Waals surface area contributed by atoms with Gasteiger partial charge in [-0.15, -0.1) is 0 Å². The Balaban J connectivity index is 1.52. The molecule has 2 rings (SSSR count). The molecule has 112 valence electrons. The zero-order valence-electron chi connectivity index (χ0n) is 13.0. The summed E-state index contributed by atoms with van der Waals surface area (Å²) in [4.78, 5) is 0. The molecule has 2 aromatic rings. The summed E-state index contributed by atoms with van der Waals surface area (Å²) in [5.74, 6) is 1.91. The highest BCUT2D eigenvalue weighted by molar-refractivity contribution is 5.26. The lowest BCUT2D eigenvalue weighted by Crippen LogP contribution is -2.01. The highest BCUT2D eigenvalue weighted by atomic mass is 16.5. The smallest absolute Gasteiger partial charge is 0.119 e. The Morgan fingerprint density at radius 1 is 0.571 bits per heavy atom. The standard InChI is InChI=1S/C19H24O2/c1-16-6-10-18(11-7-16)20-14-4-3-5-15-21-19-12-8-17(2)9-13-19/h6-13H,3-5,14-15H2,1-2H3. The zero-order chi connectivity index (χ0) is 14.9. The van der Waals surface area contributed by atoms with Crippen LogP contribution in [0, 0.1) is 13.8 Å². The minimum absolute atomic E-state index is 0.771. The molecule has 0 unspecified atom stereocenters. The lowest BCUT2D eigenvalue weighted by atomic mass is 10.2.